The van der Waals surface area contributed by atoms with Crippen LogP contribution in [0.2, 0.25) is 0 Å². The van der Waals surface area contributed by atoms with Gasteiger partial charge in [-0.1, -0.05) is 11.3 Å². The van der Waals surface area contributed by atoms with Crippen molar-refractivity contribution in [2.75, 3.05) is 18.5 Å². The summed E-state index contributed by atoms with van der Waals surface area (Å²) in [5.74, 6) is -0.155. The molecule has 1 aromatic heterocycles. The van der Waals surface area contributed by atoms with Crippen LogP contribution in [0.15, 0.2) is 30.3 Å². The van der Waals surface area contributed by atoms with E-state index in [1.54, 1.807) is 30.0 Å². The minimum absolute atomic E-state index is 0.00413. The number of hydrogen-bond donors (Lipinski definition) is 1. The summed E-state index contributed by atoms with van der Waals surface area (Å²) in [5.41, 5.74) is 1.58. The van der Waals surface area contributed by atoms with E-state index in [-0.39, 0.29) is 18.2 Å². The Morgan fingerprint density at radius 1 is 1.39 bits per heavy atom. The number of ether oxygens (including phenoxy) is 1. The van der Waals surface area contributed by atoms with Gasteiger partial charge < -0.3 is 9.64 Å². The predicted molar refractivity (Wildman–Crippen MR) is 104 cm³/mol. The molecule has 146 valence electrons. The van der Waals surface area contributed by atoms with Crippen molar-refractivity contribution >= 4 is 40.2 Å². The van der Waals surface area contributed by atoms with Crippen molar-refractivity contribution in [2.45, 2.75) is 19.9 Å². The molecule has 1 aliphatic rings. The number of hydrogen-bond acceptors (Lipinski definition) is 7. The molecular weight excluding hydrogens is 384 g/mol. The maximum absolute atomic E-state index is 12.5. The van der Waals surface area contributed by atoms with Gasteiger partial charge in [-0.25, -0.2) is 9.78 Å². The summed E-state index contributed by atoms with van der Waals surface area (Å²) in [6.07, 6.45) is 3.13. The Bertz CT molecular complexity index is 923. The molecule has 0 fully saturated rings. The van der Waals surface area contributed by atoms with Gasteiger partial charge in [-0.15, -0.1) is 0 Å². The van der Waals surface area contributed by atoms with Gasteiger partial charge in [0.25, 0.3) is 5.69 Å². The number of non-ortho nitro benzene ring substituents is 1. The zero-order valence-corrected chi connectivity index (χ0v) is 15.9. The van der Waals surface area contributed by atoms with Crippen molar-refractivity contribution < 1.29 is 19.2 Å². The van der Waals surface area contributed by atoms with E-state index in [0.717, 1.165) is 10.6 Å². The van der Waals surface area contributed by atoms with Crippen LogP contribution in [0.4, 0.5) is 15.6 Å². The molecule has 1 N–H and O–H groups in total. The lowest BCUT2D eigenvalue weighted by molar-refractivity contribution is -0.384. The summed E-state index contributed by atoms with van der Waals surface area (Å²) >= 11 is 1.32. The van der Waals surface area contributed by atoms with Crippen molar-refractivity contribution in [3.8, 4) is 0 Å². The van der Waals surface area contributed by atoms with Crippen molar-refractivity contribution in [3.05, 3.63) is 56.6 Å². The van der Waals surface area contributed by atoms with E-state index in [1.165, 1.54) is 29.5 Å². The fourth-order valence-corrected chi connectivity index (χ4v) is 3.68. The lowest BCUT2D eigenvalue weighted by Gasteiger charge is -2.24. The number of carbonyl (C=O) groups is 2. The number of nitro benzene ring substituents is 1. The minimum atomic E-state index is -0.549. The molecule has 2 heterocycles. The van der Waals surface area contributed by atoms with Gasteiger partial charge in [0.05, 0.1) is 23.8 Å². The van der Waals surface area contributed by atoms with Crippen LogP contribution >= 0.6 is 11.3 Å². The maximum atomic E-state index is 12.5. The third-order valence-electron chi connectivity index (χ3n) is 4.05. The van der Waals surface area contributed by atoms with Crippen molar-refractivity contribution in [3.63, 3.8) is 0 Å². The Kier molecular flexibility index (Phi) is 5.99. The predicted octanol–water partition coefficient (Wildman–Crippen LogP) is 3.22. The Balaban J connectivity index is 1.61. The lowest BCUT2D eigenvalue weighted by atomic mass is 10.1. The highest BCUT2D eigenvalue weighted by atomic mass is 32.1. The maximum Gasteiger partial charge on any atom is 0.413 e. The first kappa shape index (κ1) is 19.5. The van der Waals surface area contributed by atoms with Crippen molar-refractivity contribution in [1.82, 2.24) is 9.88 Å². The molecule has 1 aliphatic heterocycles. The number of aromatic nitrogens is 1. The van der Waals surface area contributed by atoms with Gasteiger partial charge in [0, 0.05) is 36.1 Å². The standard InChI is InChI=1S/C18H18N4O5S/c1-2-27-18(24)20-17-19-14-9-10-21(11-15(14)28-17)16(23)8-5-12-3-6-13(7-4-12)22(25)26/h3-8H,2,9-11H2,1H3,(H,19,20,24)/b8-5+. The number of amides is 2. The van der Waals surface area contributed by atoms with E-state index in [1.807, 2.05) is 0 Å². The summed E-state index contributed by atoms with van der Waals surface area (Å²) in [6, 6.07) is 5.97. The number of fused-ring (bicyclic) bond motifs is 1. The van der Waals surface area contributed by atoms with Crippen LogP contribution in [-0.4, -0.2) is 40.0 Å². The normalized spacial score (nSPS) is 13.2. The molecule has 2 amide bonds. The highest BCUT2D eigenvalue weighted by Crippen LogP contribution is 2.28. The van der Waals surface area contributed by atoms with E-state index in [0.29, 0.717) is 30.2 Å². The third kappa shape index (κ3) is 4.71. The SMILES string of the molecule is CCOC(=O)Nc1nc2c(s1)CN(C(=O)/C=C/c1ccc([N+](=O)[O-])cc1)CC2. The van der Waals surface area contributed by atoms with Gasteiger partial charge >= 0.3 is 6.09 Å². The zero-order valence-electron chi connectivity index (χ0n) is 15.1. The molecule has 0 aliphatic carbocycles. The van der Waals surface area contributed by atoms with E-state index < -0.39 is 11.0 Å². The van der Waals surface area contributed by atoms with Crippen LogP contribution in [0, 0.1) is 10.1 Å². The van der Waals surface area contributed by atoms with Crippen molar-refractivity contribution in [2.24, 2.45) is 0 Å². The second-order valence-electron chi connectivity index (χ2n) is 5.93. The first-order valence-corrected chi connectivity index (χ1v) is 9.41. The first-order valence-electron chi connectivity index (χ1n) is 8.60. The summed E-state index contributed by atoms with van der Waals surface area (Å²) in [7, 11) is 0. The molecule has 9 nitrogen and oxygen atoms in total. The summed E-state index contributed by atoms with van der Waals surface area (Å²) < 4.78 is 4.84. The molecule has 0 bridgehead atoms. The highest BCUT2D eigenvalue weighted by Gasteiger charge is 2.23. The first-order chi connectivity index (χ1) is 13.5. The number of nitrogens with one attached hydrogen (secondary N) is 1. The molecule has 28 heavy (non-hydrogen) atoms. The fourth-order valence-electron chi connectivity index (χ4n) is 2.67. The topological polar surface area (TPSA) is 115 Å². The molecule has 0 unspecified atom stereocenters. The largest absolute Gasteiger partial charge is 0.450 e. The smallest absolute Gasteiger partial charge is 0.413 e. The number of rotatable bonds is 5. The molecule has 0 atom stereocenters. The van der Waals surface area contributed by atoms with Crippen LogP contribution in [-0.2, 0) is 22.5 Å². The Hall–Kier alpha value is -3.27. The van der Waals surface area contributed by atoms with Gasteiger partial charge in [0.15, 0.2) is 5.13 Å². The quantitative estimate of drug-likeness (QED) is 0.466. The van der Waals surface area contributed by atoms with Gasteiger partial charge in [-0.3, -0.25) is 20.2 Å². The van der Waals surface area contributed by atoms with Crippen LogP contribution in [0.1, 0.15) is 23.1 Å². The second kappa shape index (κ2) is 8.61. The van der Waals surface area contributed by atoms with E-state index in [4.69, 9.17) is 4.74 Å². The summed E-state index contributed by atoms with van der Waals surface area (Å²) in [6.45, 7) is 2.94. The molecule has 1 aromatic carbocycles. The van der Waals surface area contributed by atoms with Gasteiger partial charge in [0.1, 0.15) is 0 Å². The Labute approximate surface area is 164 Å². The van der Waals surface area contributed by atoms with E-state index in [2.05, 4.69) is 10.3 Å². The number of nitro groups is 1. The number of nitrogens with zero attached hydrogens (tertiary/aromatic N) is 3. The van der Waals surface area contributed by atoms with Gasteiger partial charge in [-0.05, 0) is 30.7 Å². The zero-order chi connectivity index (χ0) is 20.1. The summed E-state index contributed by atoms with van der Waals surface area (Å²) in [5, 5.41) is 13.7. The molecule has 3 rings (SSSR count). The number of carbonyl (C=O) groups excluding carboxylic acids is 2. The number of thiazole rings is 1. The molecule has 10 heteroatoms. The molecule has 2 aromatic rings. The van der Waals surface area contributed by atoms with Crippen LogP contribution in [0.5, 0.6) is 0 Å². The number of anilines is 1. The molecule has 0 saturated heterocycles. The Morgan fingerprint density at radius 2 is 2.14 bits per heavy atom. The highest BCUT2D eigenvalue weighted by molar-refractivity contribution is 7.15. The van der Waals surface area contributed by atoms with Gasteiger partial charge in [-0.2, -0.15) is 0 Å². The second-order valence-corrected chi connectivity index (χ2v) is 7.01. The molecule has 0 spiro atoms. The van der Waals surface area contributed by atoms with E-state index in [9.17, 15) is 19.7 Å². The Morgan fingerprint density at radius 3 is 2.82 bits per heavy atom. The molecular formula is C18H18N4O5S. The van der Waals surface area contributed by atoms with Crippen LogP contribution < -0.4 is 5.32 Å². The summed E-state index contributed by atoms with van der Waals surface area (Å²) in [4.78, 5) is 41.1. The molecule has 0 radical (unpaired) electrons. The van der Waals surface area contributed by atoms with Crippen LogP contribution in [0.3, 0.4) is 0 Å². The third-order valence-corrected chi connectivity index (χ3v) is 5.05. The van der Waals surface area contributed by atoms with E-state index >= 15 is 0 Å². The number of benzene rings is 1. The fraction of sp³-hybridized carbons (Fsp3) is 0.278. The minimum Gasteiger partial charge on any atom is -0.450 e. The average Bonchev–Trinajstić information content (AvgIpc) is 3.07. The van der Waals surface area contributed by atoms with Gasteiger partial charge in [0.2, 0.25) is 5.91 Å². The lowest BCUT2D eigenvalue weighted by Crippen LogP contribution is -2.34. The monoisotopic (exact) mass is 402 g/mol. The van der Waals surface area contributed by atoms with Crippen LogP contribution in [0.25, 0.3) is 6.08 Å². The molecule has 0 saturated carbocycles. The average molecular weight is 402 g/mol. The van der Waals surface area contributed by atoms with Crippen molar-refractivity contribution in [1.29, 1.82) is 0 Å².